The Morgan fingerprint density at radius 2 is 2.09 bits per heavy atom. The summed E-state index contributed by atoms with van der Waals surface area (Å²) in [4.78, 5) is 43.4. The number of amides is 3. The smallest absolute Gasteiger partial charge is 0.331 e. The lowest BCUT2D eigenvalue weighted by molar-refractivity contribution is -0.384. The number of nitrogens with zero attached hydrogens (tertiary/aromatic N) is 1. The van der Waals surface area contributed by atoms with Crippen molar-refractivity contribution >= 4 is 41.3 Å². The Labute approximate surface area is 135 Å². The van der Waals surface area contributed by atoms with Crippen molar-refractivity contribution in [3.8, 4) is 0 Å². The fourth-order valence-corrected chi connectivity index (χ4v) is 1.61. The first-order chi connectivity index (χ1) is 10.7. The molecule has 9 nitrogen and oxygen atoms in total. The molecule has 3 N–H and O–H groups in total. The molecule has 0 aliphatic rings. The van der Waals surface area contributed by atoms with E-state index in [9.17, 15) is 24.5 Å². The molecule has 0 fully saturated rings. The number of urea groups is 1. The highest BCUT2D eigenvalue weighted by Crippen LogP contribution is 2.25. The molecular weight excluding hydrogens is 330 g/mol. The van der Waals surface area contributed by atoms with E-state index in [0.717, 1.165) is 6.08 Å². The lowest BCUT2D eigenvalue weighted by Crippen LogP contribution is -2.42. The summed E-state index contributed by atoms with van der Waals surface area (Å²) in [7, 11) is 0. The number of hydrogen-bond acceptors (Lipinski definition) is 6. The number of nitrogens with one attached hydrogen (secondary N) is 1. The molecule has 1 atom stereocenters. The zero-order valence-corrected chi connectivity index (χ0v) is 12.6. The van der Waals surface area contributed by atoms with Gasteiger partial charge in [0.2, 0.25) is 0 Å². The molecular formula is C13H12ClN3O6. The van der Waals surface area contributed by atoms with Gasteiger partial charge in [-0.15, -0.1) is 0 Å². The molecule has 0 heterocycles. The van der Waals surface area contributed by atoms with Crippen LogP contribution >= 0.6 is 11.6 Å². The van der Waals surface area contributed by atoms with Crippen molar-refractivity contribution in [1.82, 2.24) is 5.32 Å². The molecule has 0 radical (unpaired) electrons. The number of ether oxygens (including phenoxy) is 1. The van der Waals surface area contributed by atoms with Gasteiger partial charge in [-0.1, -0.05) is 17.7 Å². The van der Waals surface area contributed by atoms with E-state index in [4.69, 9.17) is 22.1 Å². The molecule has 1 aromatic carbocycles. The van der Waals surface area contributed by atoms with E-state index in [2.05, 4.69) is 0 Å². The van der Waals surface area contributed by atoms with Gasteiger partial charge in [-0.2, -0.15) is 0 Å². The van der Waals surface area contributed by atoms with Crippen LogP contribution in [0, 0.1) is 10.1 Å². The molecule has 10 heteroatoms. The molecule has 1 rings (SSSR count). The standard InChI is InChI=1S/C13H12ClN3O6/c1-7(12(19)16-13(15)20)23-11(18)5-3-8-2-4-9(14)10(6-8)17(21)22/h2-7H,1H3,(H3,15,16,19,20)/b5-3+. The zero-order valence-electron chi connectivity index (χ0n) is 11.8. The van der Waals surface area contributed by atoms with Gasteiger partial charge in [-0.05, 0) is 24.6 Å². The Balaban J connectivity index is 2.72. The molecule has 0 aliphatic carbocycles. The quantitative estimate of drug-likeness (QED) is 0.358. The predicted octanol–water partition coefficient (Wildman–Crippen LogP) is 1.39. The van der Waals surface area contributed by atoms with Gasteiger partial charge < -0.3 is 10.5 Å². The average Bonchev–Trinajstić information content (AvgIpc) is 2.45. The molecule has 1 unspecified atom stereocenters. The van der Waals surface area contributed by atoms with Gasteiger partial charge in [0.1, 0.15) is 5.02 Å². The molecule has 0 bridgehead atoms. The fourth-order valence-electron chi connectivity index (χ4n) is 1.43. The maximum Gasteiger partial charge on any atom is 0.331 e. The number of halogens is 1. The number of nitro groups is 1. The van der Waals surface area contributed by atoms with Crippen molar-refractivity contribution < 1.29 is 24.0 Å². The van der Waals surface area contributed by atoms with Crippen molar-refractivity contribution in [2.45, 2.75) is 13.0 Å². The van der Waals surface area contributed by atoms with Gasteiger partial charge in [0.05, 0.1) is 4.92 Å². The van der Waals surface area contributed by atoms with Crippen molar-refractivity contribution in [2.75, 3.05) is 0 Å². The Kier molecular flexibility index (Phi) is 6.22. The normalized spacial score (nSPS) is 11.7. The van der Waals surface area contributed by atoms with Gasteiger partial charge in [0.25, 0.3) is 11.6 Å². The van der Waals surface area contributed by atoms with Crippen LogP contribution in [0.25, 0.3) is 6.08 Å². The Morgan fingerprint density at radius 3 is 2.65 bits per heavy atom. The molecule has 23 heavy (non-hydrogen) atoms. The summed E-state index contributed by atoms with van der Waals surface area (Å²) < 4.78 is 4.73. The SMILES string of the molecule is CC(OC(=O)/C=C/c1ccc(Cl)c([N+](=O)[O-])c1)C(=O)NC(N)=O. The van der Waals surface area contributed by atoms with Crippen LogP contribution in [0.5, 0.6) is 0 Å². The first-order valence-electron chi connectivity index (χ1n) is 6.13. The highest BCUT2D eigenvalue weighted by molar-refractivity contribution is 6.32. The van der Waals surface area contributed by atoms with E-state index in [1.807, 2.05) is 0 Å². The zero-order chi connectivity index (χ0) is 17.6. The number of primary amides is 1. The first kappa shape index (κ1) is 18.1. The summed E-state index contributed by atoms with van der Waals surface area (Å²) in [5.41, 5.74) is 4.79. The summed E-state index contributed by atoms with van der Waals surface area (Å²) in [5, 5.41) is 12.5. The highest BCUT2D eigenvalue weighted by Gasteiger charge is 2.17. The van der Waals surface area contributed by atoms with E-state index in [1.54, 1.807) is 5.32 Å². The third-order valence-electron chi connectivity index (χ3n) is 2.49. The summed E-state index contributed by atoms with van der Waals surface area (Å²) in [6.45, 7) is 1.25. The van der Waals surface area contributed by atoms with Crippen molar-refractivity contribution in [3.05, 3.63) is 45.0 Å². The predicted molar refractivity (Wildman–Crippen MR) is 80.4 cm³/mol. The number of benzene rings is 1. The maximum atomic E-state index is 11.5. The second kappa shape index (κ2) is 7.90. The minimum atomic E-state index is -1.24. The molecule has 0 aliphatic heterocycles. The molecule has 0 spiro atoms. The summed E-state index contributed by atoms with van der Waals surface area (Å²) in [6, 6.07) is 2.88. The van der Waals surface area contributed by atoms with Gasteiger partial charge in [-0.3, -0.25) is 20.2 Å². The Hall–Kier alpha value is -2.94. The lowest BCUT2D eigenvalue weighted by atomic mass is 10.2. The molecule has 0 saturated heterocycles. The van der Waals surface area contributed by atoms with Crippen LogP contribution in [0.4, 0.5) is 10.5 Å². The van der Waals surface area contributed by atoms with Gasteiger partial charge in [0, 0.05) is 12.1 Å². The number of nitro benzene ring substituents is 1. The third kappa shape index (κ3) is 5.75. The molecule has 1 aromatic rings. The van der Waals surface area contributed by atoms with Crippen LogP contribution in [0.3, 0.4) is 0 Å². The number of hydrogen-bond donors (Lipinski definition) is 2. The minimum Gasteiger partial charge on any atom is -0.449 e. The van der Waals surface area contributed by atoms with E-state index in [1.165, 1.54) is 31.2 Å². The van der Waals surface area contributed by atoms with E-state index >= 15 is 0 Å². The monoisotopic (exact) mass is 341 g/mol. The highest BCUT2D eigenvalue weighted by atomic mass is 35.5. The number of rotatable bonds is 5. The first-order valence-corrected chi connectivity index (χ1v) is 6.51. The van der Waals surface area contributed by atoms with Crippen LogP contribution in [-0.4, -0.2) is 28.9 Å². The van der Waals surface area contributed by atoms with Gasteiger partial charge in [0.15, 0.2) is 6.10 Å². The van der Waals surface area contributed by atoms with Crippen LogP contribution in [-0.2, 0) is 14.3 Å². The fraction of sp³-hybridized carbons (Fsp3) is 0.154. The van der Waals surface area contributed by atoms with Crippen molar-refractivity contribution in [2.24, 2.45) is 5.73 Å². The topological polar surface area (TPSA) is 142 Å². The largest absolute Gasteiger partial charge is 0.449 e. The van der Waals surface area contributed by atoms with Gasteiger partial charge >= 0.3 is 12.0 Å². The van der Waals surface area contributed by atoms with Crippen LogP contribution in [0.15, 0.2) is 24.3 Å². The van der Waals surface area contributed by atoms with E-state index in [0.29, 0.717) is 5.56 Å². The number of esters is 1. The minimum absolute atomic E-state index is 0.0357. The van der Waals surface area contributed by atoms with E-state index in [-0.39, 0.29) is 10.7 Å². The number of imide groups is 1. The van der Waals surface area contributed by atoms with Gasteiger partial charge in [-0.25, -0.2) is 9.59 Å². The Morgan fingerprint density at radius 1 is 1.43 bits per heavy atom. The second-order valence-electron chi connectivity index (χ2n) is 4.23. The van der Waals surface area contributed by atoms with Crippen LogP contribution in [0.1, 0.15) is 12.5 Å². The van der Waals surface area contributed by atoms with Crippen molar-refractivity contribution in [3.63, 3.8) is 0 Å². The second-order valence-corrected chi connectivity index (χ2v) is 4.64. The summed E-state index contributed by atoms with van der Waals surface area (Å²) in [5.74, 6) is -1.75. The molecule has 3 amide bonds. The molecule has 122 valence electrons. The number of nitrogens with two attached hydrogens (primary N) is 1. The van der Waals surface area contributed by atoms with Crippen LogP contribution in [0.2, 0.25) is 5.02 Å². The average molecular weight is 342 g/mol. The maximum absolute atomic E-state index is 11.5. The van der Waals surface area contributed by atoms with Crippen molar-refractivity contribution in [1.29, 1.82) is 0 Å². The third-order valence-corrected chi connectivity index (χ3v) is 2.81. The number of carbonyl (C=O) groups is 3. The summed E-state index contributed by atoms with van der Waals surface area (Å²) in [6.07, 6.45) is 0.991. The molecule has 0 saturated carbocycles. The Bertz CT molecular complexity index is 688. The van der Waals surface area contributed by atoms with E-state index < -0.39 is 28.9 Å². The summed E-state index contributed by atoms with van der Waals surface area (Å²) >= 11 is 5.66. The van der Waals surface area contributed by atoms with Crippen LogP contribution < -0.4 is 11.1 Å². The molecule has 0 aromatic heterocycles. The lowest BCUT2D eigenvalue weighted by Gasteiger charge is -2.10. The number of carbonyl (C=O) groups excluding carboxylic acids is 3.